The lowest BCUT2D eigenvalue weighted by Crippen LogP contribution is -2.41. The number of thioether (sulfide) groups is 1. The molecule has 0 radical (unpaired) electrons. The summed E-state index contributed by atoms with van der Waals surface area (Å²) in [6.07, 6.45) is 0.544. The normalized spacial score (nSPS) is 18.2. The summed E-state index contributed by atoms with van der Waals surface area (Å²) in [4.78, 5) is 12.1. The molecule has 1 aliphatic rings. The molecule has 4 nitrogen and oxygen atoms in total. The molecule has 1 aliphatic heterocycles. The standard InChI is InChI=1S/C17H26N2O2S/c1-13(2)11-21-16-6-4-3-5-14(16)10-19-17(20)9-15-12-22-8-7-18-15/h3-6,13,15,18H,7-12H2,1-2H3,(H,19,20). The number of para-hydroxylation sites is 1. The van der Waals surface area contributed by atoms with Crippen LogP contribution in [-0.2, 0) is 11.3 Å². The summed E-state index contributed by atoms with van der Waals surface area (Å²) in [7, 11) is 0. The lowest BCUT2D eigenvalue weighted by molar-refractivity contribution is -0.121. The highest BCUT2D eigenvalue weighted by Gasteiger charge is 2.16. The minimum Gasteiger partial charge on any atom is -0.493 e. The van der Waals surface area contributed by atoms with Crippen molar-refractivity contribution in [2.75, 3.05) is 24.7 Å². The molecule has 1 atom stereocenters. The number of hydrogen-bond acceptors (Lipinski definition) is 4. The van der Waals surface area contributed by atoms with Gasteiger partial charge in [0, 0.05) is 42.6 Å². The molecule has 0 bridgehead atoms. The van der Waals surface area contributed by atoms with Gasteiger partial charge >= 0.3 is 0 Å². The van der Waals surface area contributed by atoms with E-state index in [9.17, 15) is 4.79 Å². The monoisotopic (exact) mass is 322 g/mol. The number of nitrogens with one attached hydrogen (secondary N) is 2. The molecule has 1 saturated heterocycles. The maximum Gasteiger partial charge on any atom is 0.221 e. The Morgan fingerprint density at radius 1 is 1.45 bits per heavy atom. The number of rotatable bonds is 7. The van der Waals surface area contributed by atoms with E-state index in [0.717, 1.165) is 29.4 Å². The van der Waals surface area contributed by atoms with Crippen LogP contribution in [0.4, 0.5) is 0 Å². The Hall–Kier alpha value is -1.20. The van der Waals surface area contributed by atoms with Gasteiger partial charge in [0.05, 0.1) is 6.61 Å². The molecule has 2 N–H and O–H groups in total. The molecule has 1 aromatic rings. The van der Waals surface area contributed by atoms with Crippen molar-refractivity contribution in [3.05, 3.63) is 29.8 Å². The molecule has 1 fully saturated rings. The third-order valence-electron chi connectivity index (χ3n) is 3.45. The third-order valence-corrected chi connectivity index (χ3v) is 4.58. The molecule has 1 unspecified atom stereocenters. The number of carbonyl (C=O) groups is 1. The second-order valence-electron chi connectivity index (χ2n) is 6.02. The van der Waals surface area contributed by atoms with Crippen molar-refractivity contribution in [2.24, 2.45) is 5.92 Å². The Morgan fingerprint density at radius 2 is 2.27 bits per heavy atom. The van der Waals surface area contributed by atoms with Gasteiger partial charge < -0.3 is 15.4 Å². The quantitative estimate of drug-likeness (QED) is 0.809. The van der Waals surface area contributed by atoms with Gasteiger partial charge in [0.25, 0.3) is 0 Å². The van der Waals surface area contributed by atoms with E-state index >= 15 is 0 Å². The summed E-state index contributed by atoms with van der Waals surface area (Å²) in [6, 6.07) is 8.20. The van der Waals surface area contributed by atoms with Crippen LogP contribution in [0.2, 0.25) is 0 Å². The molecule has 1 aromatic carbocycles. The van der Waals surface area contributed by atoms with Crippen LogP contribution in [0.1, 0.15) is 25.8 Å². The van der Waals surface area contributed by atoms with Gasteiger partial charge in [-0.3, -0.25) is 4.79 Å². The van der Waals surface area contributed by atoms with Crippen molar-refractivity contribution >= 4 is 17.7 Å². The minimum absolute atomic E-state index is 0.0960. The summed E-state index contributed by atoms with van der Waals surface area (Å²) < 4.78 is 5.81. The number of amides is 1. The van der Waals surface area contributed by atoms with Crippen molar-refractivity contribution in [1.82, 2.24) is 10.6 Å². The van der Waals surface area contributed by atoms with E-state index in [1.807, 2.05) is 36.0 Å². The van der Waals surface area contributed by atoms with Gasteiger partial charge in [-0.1, -0.05) is 32.0 Å². The first kappa shape index (κ1) is 17.2. The largest absolute Gasteiger partial charge is 0.493 e. The van der Waals surface area contributed by atoms with Crippen LogP contribution in [0.5, 0.6) is 5.75 Å². The first-order valence-electron chi connectivity index (χ1n) is 7.93. The molecular weight excluding hydrogens is 296 g/mol. The van der Waals surface area contributed by atoms with E-state index < -0.39 is 0 Å². The molecule has 1 amide bonds. The van der Waals surface area contributed by atoms with Crippen molar-refractivity contribution in [3.63, 3.8) is 0 Å². The topological polar surface area (TPSA) is 50.4 Å². The SMILES string of the molecule is CC(C)COc1ccccc1CNC(=O)CC1CSCCN1. The fourth-order valence-electron chi connectivity index (χ4n) is 2.29. The van der Waals surface area contributed by atoms with E-state index in [1.54, 1.807) is 0 Å². The van der Waals surface area contributed by atoms with Crippen LogP contribution in [0.15, 0.2) is 24.3 Å². The zero-order valence-electron chi connectivity index (χ0n) is 13.4. The van der Waals surface area contributed by atoms with Crippen LogP contribution >= 0.6 is 11.8 Å². The highest BCUT2D eigenvalue weighted by molar-refractivity contribution is 7.99. The lowest BCUT2D eigenvalue weighted by Gasteiger charge is -2.22. The van der Waals surface area contributed by atoms with Gasteiger partial charge in [-0.15, -0.1) is 0 Å². The fraction of sp³-hybridized carbons (Fsp3) is 0.588. The van der Waals surface area contributed by atoms with Gasteiger partial charge in [-0.05, 0) is 12.0 Å². The lowest BCUT2D eigenvalue weighted by atomic mass is 10.1. The van der Waals surface area contributed by atoms with Crippen molar-refractivity contribution in [3.8, 4) is 5.75 Å². The summed E-state index contributed by atoms with van der Waals surface area (Å²) in [6.45, 7) is 6.45. The molecule has 0 saturated carbocycles. The first-order valence-corrected chi connectivity index (χ1v) is 9.09. The van der Waals surface area contributed by atoms with Gasteiger partial charge in [-0.2, -0.15) is 11.8 Å². The molecule has 0 spiro atoms. The molecule has 2 rings (SSSR count). The number of ether oxygens (including phenoxy) is 1. The molecule has 0 aliphatic carbocycles. The summed E-state index contributed by atoms with van der Waals surface area (Å²) in [5.74, 6) is 3.60. The highest BCUT2D eigenvalue weighted by Crippen LogP contribution is 2.18. The Morgan fingerprint density at radius 3 is 3.00 bits per heavy atom. The Bertz CT molecular complexity index is 473. The number of benzene rings is 1. The molecular formula is C17H26N2O2S. The van der Waals surface area contributed by atoms with Gasteiger partial charge in [-0.25, -0.2) is 0 Å². The summed E-state index contributed by atoms with van der Waals surface area (Å²) in [5, 5.41) is 6.39. The Kier molecular flexibility index (Phi) is 7.06. The van der Waals surface area contributed by atoms with Crippen LogP contribution in [0.25, 0.3) is 0 Å². The second-order valence-corrected chi connectivity index (χ2v) is 7.17. The van der Waals surface area contributed by atoms with Crippen LogP contribution in [0.3, 0.4) is 0 Å². The zero-order valence-corrected chi connectivity index (χ0v) is 14.2. The van der Waals surface area contributed by atoms with Crippen molar-refractivity contribution in [1.29, 1.82) is 0 Å². The second kappa shape index (κ2) is 9.06. The molecule has 5 heteroatoms. The maximum atomic E-state index is 12.1. The summed E-state index contributed by atoms with van der Waals surface area (Å²) >= 11 is 1.91. The molecule has 22 heavy (non-hydrogen) atoms. The van der Waals surface area contributed by atoms with E-state index in [2.05, 4.69) is 24.5 Å². The van der Waals surface area contributed by atoms with Gasteiger partial charge in [0.2, 0.25) is 5.91 Å². The molecule has 1 heterocycles. The molecule has 122 valence electrons. The average molecular weight is 322 g/mol. The Balaban J connectivity index is 1.81. The summed E-state index contributed by atoms with van der Waals surface area (Å²) in [5.41, 5.74) is 1.03. The fourth-order valence-corrected chi connectivity index (χ4v) is 3.24. The Labute approximate surface area is 137 Å². The number of hydrogen-bond donors (Lipinski definition) is 2. The van der Waals surface area contributed by atoms with Gasteiger partial charge in [0.15, 0.2) is 0 Å². The van der Waals surface area contributed by atoms with E-state index in [4.69, 9.17) is 4.74 Å². The van der Waals surface area contributed by atoms with E-state index in [0.29, 0.717) is 31.5 Å². The smallest absolute Gasteiger partial charge is 0.221 e. The number of carbonyl (C=O) groups excluding carboxylic acids is 1. The minimum atomic E-state index is 0.0960. The van der Waals surface area contributed by atoms with Crippen LogP contribution in [-0.4, -0.2) is 36.6 Å². The predicted octanol–water partition coefficient (Wildman–Crippen LogP) is 2.43. The molecule has 0 aromatic heterocycles. The van der Waals surface area contributed by atoms with E-state index in [-0.39, 0.29) is 5.91 Å². The van der Waals surface area contributed by atoms with Crippen LogP contribution < -0.4 is 15.4 Å². The van der Waals surface area contributed by atoms with Crippen molar-refractivity contribution < 1.29 is 9.53 Å². The maximum absolute atomic E-state index is 12.1. The predicted molar refractivity (Wildman–Crippen MR) is 92.4 cm³/mol. The zero-order chi connectivity index (χ0) is 15.8. The average Bonchev–Trinajstić information content (AvgIpc) is 2.52. The highest BCUT2D eigenvalue weighted by atomic mass is 32.2. The third kappa shape index (κ3) is 5.89. The first-order chi connectivity index (χ1) is 10.6. The van der Waals surface area contributed by atoms with Crippen molar-refractivity contribution in [2.45, 2.75) is 32.9 Å². The van der Waals surface area contributed by atoms with Gasteiger partial charge in [0.1, 0.15) is 5.75 Å². The van der Waals surface area contributed by atoms with Crippen LogP contribution in [0, 0.1) is 5.92 Å². The van der Waals surface area contributed by atoms with E-state index in [1.165, 1.54) is 0 Å².